The van der Waals surface area contributed by atoms with Crippen LogP contribution in [0.3, 0.4) is 0 Å². The fourth-order valence-corrected chi connectivity index (χ4v) is 2.36. The molecular weight excluding hydrogens is 282 g/mol. The molecule has 1 aromatic rings. The number of ether oxygens (including phenoxy) is 1. The van der Waals surface area contributed by atoms with Gasteiger partial charge in [0.05, 0.1) is 11.8 Å². The summed E-state index contributed by atoms with van der Waals surface area (Å²) in [6, 6.07) is 4.04. The van der Waals surface area contributed by atoms with Crippen LogP contribution in [-0.2, 0) is 11.3 Å². The maximum absolute atomic E-state index is 6.00. The monoisotopic (exact) mass is 311 g/mol. The predicted octanol–water partition coefficient (Wildman–Crippen LogP) is 5.86. The van der Waals surface area contributed by atoms with Crippen molar-refractivity contribution in [2.75, 3.05) is 0 Å². The van der Waals surface area contributed by atoms with E-state index in [0.29, 0.717) is 11.8 Å². The van der Waals surface area contributed by atoms with Crippen molar-refractivity contribution in [1.29, 1.82) is 0 Å². The molecule has 0 N–H and O–H groups in total. The molecule has 0 saturated heterocycles. The highest BCUT2D eigenvalue weighted by atomic mass is 35.5. The molecule has 21 heavy (non-hydrogen) atoms. The van der Waals surface area contributed by atoms with Gasteiger partial charge in [0.15, 0.2) is 0 Å². The van der Waals surface area contributed by atoms with E-state index in [0.717, 1.165) is 17.7 Å². The molecule has 1 unspecified atom stereocenters. The van der Waals surface area contributed by atoms with E-state index >= 15 is 0 Å². The zero-order chi connectivity index (χ0) is 15.9. The van der Waals surface area contributed by atoms with Crippen LogP contribution < -0.4 is 4.74 Å². The summed E-state index contributed by atoms with van der Waals surface area (Å²) in [5, 5.41) is 0. The second kappa shape index (κ2) is 8.63. The molecule has 0 aliphatic rings. The van der Waals surface area contributed by atoms with Crippen molar-refractivity contribution in [3.63, 3.8) is 0 Å². The number of halogens is 1. The first-order valence-electron chi connectivity index (χ1n) is 8.11. The van der Waals surface area contributed by atoms with E-state index in [1.807, 2.05) is 6.07 Å². The van der Waals surface area contributed by atoms with Crippen molar-refractivity contribution < 1.29 is 4.74 Å². The standard InChI is InChI=1S/C18H30ClNO/c1-6-7-8-9-10-14(2)21-17-12-15(13-19)11-16(20-17)18(3,4)5/h11-12,14H,6-10,13H2,1-5H3. The molecule has 1 rings (SSSR count). The number of hydrogen-bond acceptors (Lipinski definition) is 2. The summed E-state index contributed by atoms with van der Waals surface area (Å²) in [5.74, 6) is 1.20. The zero-order valence-electron chi connectivity index (χ0n) is 14.2. The highest BCUT2D eigenvalue weighted by molar-refractivity contribution is 6.17. The van der Waals surface area contributed by atoms with Gasteiger partial charge in [-0.1, -0.05) is 47.0 Å². The Bertz CT molecular complexity index is 426. The van der Waals surface area contributed by atoms with E-state index in [1.165, 1.54) is 25.7 Å². The molecular formula is C18H30ClNO. The lowest BCUT2D eigenvalue weighted by atomic mass is 9.91. The van der Waals surface area contributed by atoms with Crippen LogP contribution in [0.25, 0.3) is 0 Å². The van der Waals surface area contributed by atoms with E-state index in [2.05, 4.69) is 45.7 Å². The molecule has 0 aromatic carbocycles. The molecule has 120 valence electrons. The lowest BCUT2D eigenvalue weighted by molar-refractivity contribution is 0.197. The van der Waals surface area contributed by atoms with Gasteiger partial charge in [-0.15, -0.1) is 11.6 Å². The molecule has 0 saturated carbocycles. The largest absolute Gasteiger partial charge is 0.475 e. The average molecular weight is 312 g/mol. The third-order valence-electron chi connectivity index (χ3n) is 3.57. The first kappa shape index (κ1) is 18.3. The molecule has 0 fully saturated rings. The molecule has 0 aliphatic carbocycles. The molecule has 0 spiro atoms. The number of rotatable bonds is 8. The van der Waals surface area contributed by atoms with Gasteiger partial charge in [-0.05, 0) is 31.4 Å². The van der Waals surface area contributed by atoms with Crippen molar-refractivity contribution in [2.45, 2.75) is 84.1 Å². The summed E-state index contributed by atoms with van der Waals surface area (Å²) in [4.78, 5) is 4.66. The first-order chi connectivity index (χ1) is 9.86. The Morgan fingerprint density at radius 2 is 1.90 bits per heavy atom. The number of nitrogens with zero attached hydrogens (tertiary/aromatic N) is 1. The topological polar surface area (TPSA) is 22.1 Å². The molecule has 0 amide bonds. The summed E-state index contributed by atoms with van der Waals surface area (Å²) in [6.07, 6.45) is 6.36. The number of alkyl halides is 1. The van der Waals surface area contributed by atoms with Crippen LogP contribution in [0, 0.1) is 0 Å². The van der Waals surface area contributed by atoms with E-state index in [9.17, 15) is 0 Å². The lowest BCUT2D eigenvalue weighted by Crippen LogP contribution is -2.17. The van der Waals surface area contributed by atoms with Crippen LogP contribution in [-0.4, -0.2) is 11.1 Å². The molecule has 1 aromatic heterocycles. The summed E-state index contributed by atoms with van der Waals surface area (Å²) >= 11 is 5.99. The van der Waals surface area contributed by atoms with Crippen LogP contribution >= 0.6 is 11.6 Å². The van der Waals surface area contributed by atoms with E-state index in [4.69, 9.17) is 16.3 Å². The van der Waals surface area contributed by atoms with Crippen LogP contribution in [0.15, 0.2) is 12.1 Å². The van der Waals surface area contributed by atoms with Gasteiger partial charge in [0.2, 0.25) is 5.88 Å². The highest BCUT2D eigenvalue weighted by Crippen LogP contribution is 2.25. The van der Waals surface area contributed by atoms with Crippen molar-refractivity contribution in [3.05, 3.63) is 23.4 Å². The van der Waals surface area contributed by atoms with E-state index < -0.39 is 0 Å². The Kier molecular flexibility index (Phi) is 7.51. The van der Waals surface area contributed by atoms with Gasteiger partial charge in [-0.25, -0.2) is 4.98 Å². The minimum absolute atomic E-state index is 0.00451. The van der Waals surface area contributed by atoms with Crippen LogP contribution in [0.2, 0.25) is 0 Å². The molecule has 1 heterocycles. The first-order valence-corrected chi connectivity index (χ1v) is 8.64. The van der Waals surface area contributed by atoms with Crippen molar-refractivity contribution in [2.24, 2.45) is 0 Å². The second-order valence-corrected chi connectivity index (χ2v) is 7.13. The maximum atomic E-state index is 6.00. The number of aromatic nitrogens is 1. The van der Waals surface area contributed by atoms with Crippen LogP contribution in [0.5, 0.6) is 5.88 Å². The second-order valence-electron chi connectivity index (χ2n) is 6.86. The Labute approximate surface area is 135 Å². The van der Waals surface area contributed by atoms with Gasteiger partial charge in [-0.3, -0.25) is 0 Å². The number of unbranched alkanes of at least 4 members (excludes halogenated alkanes) is 3. The summed E-state index contributed by atoms with van der Waals surface area (Å²) in [6.45, 7) is 10.8. The van der Waals surface area contributed by atoms with Crippen molar-refractivity contribution >= 4 is 11.6 Å². The summed E-state index contributed by atoms with van der Waals surface area (Å²) < 4.78 is 6.00. The minimum atomic E-state index is 0.00451. The minimum Gasteiger partial charge on any atom is -0.475 e. The third-order valence-corrected chi connectivity index (χ3v) is 3.88. The van der Waals surface area contributed by atoms with Crippen LogP contribution in [0.4, 0.5) is 0 Å². The lowest BCUT2D eigenvalue weighted by Gasteiger charge is -2.21. The smallest absolute Gasteiger partial charge is 0.214 e. The average Bonchev–Trinajstić information content (AvgIpc) is 2.42. The Morgan fingerprint density at radius 1 is 1.19 bits per heavy atom. The maximum Gasteiger partial charge on any atom is 0.214 e. The fraction of sp³-hybridized carbons (Fsp3) is 0.722. The summed E-state index contributed by atoms with van der Waals surface area (Å²) in [7, 11) is 0. The van der Waals surface area contributed by atoms with Gasteiger partial charge >= 0.3 is 0 Å². The van der Waals surface area contributed by atoms with Crippen molar-refractivity contribution in [3.8, 4) is 5.88 Å². The zero-order valence-corrected chi connectivity index (χ0v) is 15.0. The van der Waals surface area contributed by atoms with Gasteiger partial charge < -0.3 is 4.74 Å². The number of hydrogen-bond donors (Lipinski definition) is 0. The molecule has 0 bridgehead atoms. The van der Waals surface area contributed by atoms with Gasteiger partial charge in [0.25, 0.3) is 0 Å². The van der Waals surface area contributed by atoms with Crippen molar-refractivity contribution in [1.82, 2.24) is 4.98 Å². The van der Waals surface area contributed by atoms with E-state index in [-0.39, 0.29) is 11.5 Å². The fourth-order valence-electron chi connectivity index (χ4n) is 2.20. The molecule has 0 aliphatic heterocycles. The van der Waals surface area contributed by atoms with E-state index in [1.54, 1.807) is 0 Å². The predicted molar refractivity (Wildman–Crippen MR) is 91.3 cm³/mol. The van der Waals surface area contributed by atoms with Gasteiger partial charge in [-0.2, -0.15) is 0 Å². The molecule has 0 radical (unpaired) electrons. The molecule has 1 atom stereocenters. The Morgan fingerprint density at radius 3 is 2.48 bits per heavy atom. The number of pyridine rings is 1. The van der Waals surface area contributed by atoms with Crippen LogP contribution in [0.1, 0.15) is 78.0 Å². The molecule has 2 nitrogen and oxygen atoms in total. The highest BCUT2D eigenvalue weighted by Gasteiger charge is 2.18. The Hall–Kier alpha value is -0.760. The molecule has 3 heteroatoms. The SMILES string of the molecule is CCCCCCC(C)Oc1cc(CCl)cc(C(C)(C)C)n1. The summed E-state index contributed by atoms with van der Waals surface area (Å²) in [5.41, 5.74) is 2.11. The van der Waals surface area contributed by atoms with Gasteiger partial charge in [0.1, 0.15) is 0 Å². The quantitative estimate of drug-likeness (QED) is 0.443. The normalized spacial score (nSPS) is 13.2. The Balaban J connectivity index is 2.69. The van der Waals surface area contributed by atoms with Gasteiger partial charge in [0, 0.05) is 17.4 Å². The third kappa shape index (κ3) is 6.69.